The fraction of sp³-hybridized carbons (Fsp3) is 0.0588. The third-order valence-electron chi connectivity index (χ3n) is 3.87. The monoisotopic (exact) mass is 380 g/mol. The van der Waals surface area contributed by atoms with E-state index in [0.29, 0.717) is 21.8 Å². The van der Waals surface area contributed by atoms with Crippen molar-refractivity contribution in [1.82, 2.24) is 24.7 Å². The molecule has 27 heavy (non-hydrogen) atoms. The van der Waals surface area contributed by atoms with Gasteiger partial charge in [0.2, 0.25) is 5.95 Å². The molecule has 1 N–H and O–H groups in total. The van der Waals surface area contributed by atoms with Crippen molar-refractivity contribution in [3.8, 4) is 5.95 Å². The number of hydrogen-bond donors (Lipinski definition) is 1. The van der Waals surface area contributed by atoms with Crippen LogP contribution in [0.4, 0.5) is 5.69 Å². The van der Waals surface area contributed by atoms with Gasteiger partial charge in [-0.05, 0) is 17.7 Å². The molecule has 2 aromatic heterocycles. The average molecular weight is 380 g/mol. The highest BCUT2D eigenvalue weighted by Crippen LogP contribution is 2.24. The Morgan fingerprint density at radius 2 is 1.93 bits per heavy atom. The van der Waals surface area contributed by atoms with Gasteiger partial charge in [-0.2, -0.15) is 10.1 Å². The number of rotatable bonds is 5. The molecule has 4 aromatic rings. The van der Waals surface area contributed by atoms with E-state index < -0.39 is 4.92 Å². The van der Waals surface area contributed by atoms with E-state index in [0.717, 1.165) is 5.56 Å². The van der Waals surface area contributed by atoms with E-state index in [1.54, 1.807) is 30.3 Å². The first-order chi connectivity index (χ1) is 13.1. The van der Waals surface area contributed by atoms with Crippen molar-refractivity contribution in [3.05, 3.63) is 80.9 Å². The molecule has 10 heteroatoms. The van der Waals surface area contributed by atoms with E-state index in [1.165, 1.54) is 34.8 Å². The van der Waals surface area contributed by atoms with E-state index >= 15 is 0 Å². The second kappa shape index (κ2) is 7.00. The summed E-state index contributed by atoms with van der Waals surface area (Å²) in [5, 5.41) is 18.2. The smallest absolute Gasteiger partial charge is 0.268 e. The highest BCUT2D eigenvalue weighted by atomic mass is 32.2. The molecule has 2 aromatic carbocycles. The Kier molecular flexibility index (Phi) is 4.38. The van der Waals surface area contributed by atoms with Gasteiger partial charge in [0.25, 0.3) is 11.2 Å². The zero-order valence-corrected chi connectivity index (χ0v) is 14.6. The Balaban J connectivity index is 1.73. The number of aromatic amines is 1. The summed E-state index contributed by atoms with van der Waals surface area (Å²) in [5.41, 5.74) is 1.25. The van der Waals surface area contributed by atoms with Crippen LogP contribution < -0.4 is 5.56 Å². The largest absolute Gasteiger partial charge is 0.269 e. The van der Waals surface area contributed by atoms with Crippen LogP contribution >= 0.6 is 11.8 Å². The van der Waals surface area contributed by atoms with Gasteiger partial charge < -0.3 is 0 Å². The summed E-state index contributed by atoms with van der Waals surface area (Å²) in [4.78, 5) is 31.9. The molecule has 0 aliphatic heterocycles. The molecular formula is C17H12N6O3S. The quantitative estimate of drug-likeness (QED) is 0.245. The average Bonchev–Trinajstić information content (AvgIpc) is 3.21. The molecule has 0 fully saturated rings. The number of para-hydroxylation sites is 1. The highest BCUT2D eigenvalue weighted by molar-refractivity contribution is 7.98. The topological polar surface area (TPSA) is 120 Å². The van der Waals surface area contributed by atoms with Crippen molar-refractivity contribution in [2.24, 2.45) is 0 Å². The van der Waals surface area contributed by atoms with E-state index in [-0.39, 0.29) is 17.2 Å². The number of benzene rings is 2. The van der Waals surface area contributed by atoms with Gasteiger partial charge in [0.15, 0.2) is 5.16 Å². The van der Waals surface area contributed by atoms with E-state index in [2.05, 4.69) is 20.2 Å². The summed E-state index contributed by atoms with van der Waals surface area (Å²) in [5.74, 6) is 0.765. The van der Waals surface area contributed by atoms with Crippen LogP contribution in [0, 0.1) is 10.1 Å². The number of H-pyrrole nitrogens is 1. The van der Waals surface area contributed by atoms with Crippen LogP contribution in [0.2, 0.25) is 0 Å². The van der Waals surface area contributed by atoms with Crippen molar-refractivity contribution in [3.63, 3.8) is 0 Å². The predicted molar refractivity (Wildman–Crippen MR) is 99.9 cm³/mol. The van der Waals surface area contributed by atoms with Gasteiger partial charge in [0.05, 0.1) is 15.8 Å². The van der Waals surface area contributed by atoms with Gasteiger partial charge in [0.1, 0.15) is 6.33 Å². The molecule has 9 nitrogen and oxygen atoms in total. The Morgan fingerprint density at radius 1 is 1.15 bits per heavy atom. The third kappa shape index (κ3) is 3.29. The lowest BCUT2D eigenvalue weighted by Crippen LogP contribution is -2.22. The first-order valence-corrected chi connectivity index (χ1v) is 8.86. The number of thioether (sulfide) groups is 1. The minimum Gasteiger partial charge on any atom is -0.268 e. The molecular weight excluding hydrogens is 368 g/mol. The molecule has 0 aliphatic rings. The van der Waals surface area contributed by atoms with E-state index in [4.69, 9.17) is 0 Å². The molecule has 2 heterocycles. The lowest BCUT2D eigenvalue weighted by molar-refractivity contribution is -0.384. The number of aromatic nitrogens is 5. The van der Waals surface area contributed by atoms with Gasteiger partial charge in [-0.15, -0.1) is 0 Å². The maximum absolute atomic E-state index is 12.9. The van der Waals surface area contributed by atoms with Crippen molar-refractivity contribution in [1.29, 1.82) is 0 Å². The van der Waals surface area contributed by atoms with Gasteiger partial charge in [-0.25, -0.2) is 14.6 Å². The molecule has 0 atom stereocenters. The van der Waals surface area contributed by atoms with E-state index in [9.17, 15) is 14.9 Å². The number of nitro benzene ring substituents is 1. The second-order valence-electron chi connectivity index (χ2n) is 5.57. The maximum atomic E-state index is 12.9. The summed E-state index contributed by atoms with van der Waals surface area (Å²) in [7, 11) is 0. The fourth-order valence-electron chi connectivity index (χ4n) is 2.56. The van der Waals surface area contributed by atoms with Crippen molar-refractivity contribution < 1.29 is 4.92 Å². The zero-order chi connectivity index (χ0) is 18.8. The molecule has 4 rings (SSSR count). The fourth-order valence-corrected chi connectivity index (χ4v) is 3.51. The number of non-ortho nitro benzene ring substituents is 1. The molecule has 0 aliphatic carbocycles. The Hall–Kier alpha value is -3.53. The molecule has 134 valence electrons. The molecule has 0 unspecified atom stereocenters. The zero-order valence-electron chi connectivity index (χ0n) is 13.8. The number of nitro groups is 1. The van der Waals surface area contributed by atoms with E-state index in [1.807, 2.05) is 6.07 Å². The molecule has 0 saturated heterocycles. The maximum Gasteiger partial charge on any atom is 0.269 e. The first kappa shape index (κ1) is 16.9. The van der Waals surface area contributed by atoms with Crippen molar-refractivity contribution in [2.45, 2.75) is 10.9 Å². The standard InChI is InChI=1S/C17H12N6O3S/c24-15-13-3-1-2-4-14(13)20-17(22(15)16-18-10-19-21-16)27-9-11-5-7-12(8-6-11)23(25)26/h1-8,10H,9H2,(H,18,19,21). The minimum absolute atomic E-state index is 0.0335. The number of fused-ring (bicyclic) bond motifs is 1. The molecule has 0 saturated carbocycles. The molecule has 0 bridgehead atoms. The van der Waals surface area contributed by atoms with Gasteiger partial charge in [-0.1, -0.05) is 36.0 Å². The van der Waals surface area contributed by atoms with Crippen LogP contribution in [0.1, 0.15) is 5.56 Å². The second-order valence-corrected chi connectivity index (χ2v) is 6.52. The third-order valence-corrected chi connectivity index (χ3v) is 4.88. The summed E-state index contributed by atoms with van der Waals surface area (Å²) in [6.07, 6.45) is 1.32. The molecule has 0 radical (unpaired) electrons. The van der Waals surface area contributed by atoms with Crippen LogP contribution in [0.3, 0.4) is 0 Å². The van der Waals surface area contributed by atoms with Crippen LogP contribution in [0.5, 0.6) is 0 Å². The Labute approximate surface area is 156 Å². The van der Waals surface area contributed by atoms with Crippen LogP contribution in [-0.2, 0) is 5.75 Å². The summed E-state index contributed by atoms with van der Waals surface area (Å²) < 4.78 is 1.38. The minimum atomic E-state index is -0.441. The summed E-state index contributed by atoms with van der Waals surface area (Å²) >= 11 is 1.34. The number of nitrogens with zero attached hydrogens (tertiary/aromatic N) is 5. The normalized spacial score (nSPS) is 11.0. The van der Waals surface area contributed by atoms with Crippen LogP contribution in [0.25, 0.3) is 16.9 Å². The molecule has 0 amide bonds. The van der Waals surface area contributed by atoms with Crippen LogP contribution in [0.15, 0.2) is 64.8 Å². The molecule has 0 spiro atoms. The highest BCUT2D eigenvalue weighted by Gasteiger charge is 2.15. The van der Waals surface area contributed by atoms with Gasteiger partial charge in [0, 0.05) is 17.9 Å². The first-order valence-electron chi connectivity index (χ1n) is 7.87. The van der Waals surface area contributed by atoms with Crippen molar-refractivity contribution in [2.75, 3.05) is 0 Å². The lowest BCUT2D eigenvalue weighted by Gasteiger charge is -2.10. The summed E-state index contributed by atoms with van der Waals surface area (Å²) in [6.45, 7) is 0. The SMILES string of the molecule is O=c1c2ccccc2nc(SCc2ccc([N+](=O)[O-])cc2)n1-c1ncn[nH]1. The number of hydrogen-bond acceptors (Lipinski definition) is 7. The van der Waals surface area contributed by atoms with Crippen molar-refractivity contribution >= 4 is 28.4 Å². The van der Waals surface area contributed by atoms with Crippen LogP contribution in [-0.4, -0.2) is 29.7 Å². The lowest BCUT2D eigenvalue weighted by atomic mass is 10.2. The Morgan fingerprint density at radius 3 is 2.63 bits per heavy atom. The summed E-state index contributed by atoms with van der Waals surface area (Å²) in [6, 6.07) is 13.4. The predicted octanol–water partition coefficient (Wildman–Crippen LogP) is 2.70. The van der Waals surface area contributed by atoms with Gasteiger partial charge in [-0.3, -0.25) is 14.9 Å². The number of nitrogens with one attached hydrogen (secondary N) is 1. The Bertz CT molecular complexity index is 1170. The van der Waals surface area contributed by atoms with Gasteiger partial charge >= 0.3 is 0 Å².